The minimum absolute atomic E-state index is 0.108. The molecule has 21 heavy (non-hydrogen) atoms. The van der Waals surface area contributed by atoms with Gasteiger partial charge in [-0.15, -0.1) is 0 Å². The molecule has 5 heteroatoms. The van der Waals surface area contributed by atoms with E-state index in [0.29, 0.717) is 6.42 Å². The SMILES string of the molecule is CCC(C)[C@H](NC(=O)CCOc1ccccc1C)C(=O)O. The molecular formula is C16H23NO4. The minimum atomic E-state index is -1.00. The molecule has 0 aromatic heterocycles. The fourth-order valence-corrected chi connectivity index (χ4v) is 1.90. The molecule has 2 atom stereocenters. The van der Waals surface area contributed by atoms with Gasteiger partial charge in [-0.1, -0.05) is 38.5 Å². The number of hydrogen-bond acceptors (Lipinski definition) is 3. The Morgan fingerprint density at radius 3 is 2.57 bits per heavy atom. The smallest absolute Gasteiger partial charge is 0.326 e. The van der Waals surface area contributed by atoms with Crippen LogP contribution in [0.25, 0.3) is 0 Å². The van der Waals surface area contributed by atoms with Crippen molar-refractivity contribution in [2.45, 2.75) is 39.7 Å². The van der Waals surface area contributed by atoms with Crippen molar-refractivity contribution in [3.05, 3.63) is 29.8 Å². The molecule has 1 amide bonds. The van der Waals surface area contributed by atoms with Crippen LogP contribution in [0.4, 0.5) is 0 Å². The standard InChI is InChI=1S/C16H23NO4/c1-4-11(2)15(16(19)20)17-14(18)9-10-21-13-8-6-5-7-12(13)3/h5-8,11,15H,4,9-10H2,1-3H3,(H,17,18)(H,19,20)/t11?,15-/m0/s1. The van der Waals surface area contributed by atoms with E-state index in [0.717, 1.165) is 11.3 Å². The highest BCUT2D eigenvalue weighted by atomic mass is 16.5. The molecule has 0 bridgehead atoms. The Kier molecular flexibility index (Phi) is 6.72. The first-order valence-electron chi connectivity index (χ1n) is 7.16. The lowest BCUT2D eigenvalue weighted by Crippen LogP contribution is -2.45. The zero-order valence-electron chi connectivity index (χ0n) is 12.8. The first kappa shape index (κ1) is 17.0. The van der Waals surface area contributed by atoms with E-state index in [1.807, 2.05) is 45.0 Å². The van der Waals surface area contributed by atoms with E-state index < -0.39 is 12.0 Å². The summed E-state index contributed by atoms with van der Waals surface area (Å²) in [5.41, 5.74) is 1.00. The maximum absolute atomic E-state index is 11.8. The van der Waals surface area contributed by atoms with Crippen molar-refractivity contribution in [1.29, 1.82) is 0 Å². The number of hydrogen-bond donors (Lipinski definition) is 2. The van der Waals surface area contributed by atoms with Crippen LogP contribution in [0, 0.1) is 12.8 Å². The molecule has 1 aromatic carbocycles. The third kappa shape index (κ3) is 5.45. The van der Waals surface area contributed by atoms with Gasteiger partial charge in [0.25, 0.3) is 0 Å². The summed E-state index contributed by atoms with van der Waals surface area (Å²) in [4.78, 5) is 22.9. The molecule has 2 N–H and O–H groups in total. The van der Waals surface area contributed by atoms with Crippen LogP contribution in [0.3, 0.4) is 0 Å². The molecule has 5 nitrogen and oxygen atoms in total. The minimum Gasteiger partial charge on any atom is -0.493 e. The van der Waals surface area contributed by atoms with E-state index in [4.69, 9.17) is 9.84 Å². The Labute approximate surface area is 125 Å². The summed E-state index contributed by atoms with van der Waals surface area (Å²) in [6.07, 6.45) is 0.825. The number of nitrogens with one attached hydrogen (secondary N) is 1. The van der Waals surface area contributed by atoms with Gasteiger partial charge in [0, 0.05) is 0 Å². The summed E-state index contributed by atoms with van der Waals surface area (Å²) in [5.74, 6) is -0.681. The van der Waals surface area contributed by atoms with Crippen molar-refractivity contribution >= 4 is 11.9 Å². The van der Waals surface area contributed by atoms with Crippen molar-refractivity contribution in [2.24, 2.45) is 5.92 Å². The summed E-state index contributed by atoms with van der Waals surface area (Å²) >= 11 is 0. The number of ether oxygens (including phenoxy) is 1. The van der Waals surface area contributed by atoms with Gasteiger partial charge in [-0.25, -0.2) is 4.79 Å². The number of carboxylic acid groups (broad SMARTS) is 1. The second-order valence-electron chi connectivity index (χ2n) is 5.13. The molecule has 1 aromatic rings. The topological polar surface area (TPSA) is 75.6 Å². The van der Waals surface area contributed by atoms with Crippen molar-refractivity contribution in [1.82, 2.24) is 5.32 Å². The fourth-order valence-electron chi connectivity index (χ4n) is 1.90. The summed E-state index contributed by atoms with van der Waals surface area (Å²) < 4.78 is 5.53. The van der Waals surface area contributed by atoms with Gasteiger partial charge in [0.1, 0.15) is 11.8 Å². The summed E-state index contributed by atoms with van der Waals surface area (Å²) in [6, 6.07) is 6.70. The average molecular weight is 293 g/mol. The quantitative estimate of drug-likeness (QED) is 0.771. The molecule has 0 aliphatic rings. The van der Waals surface area contributed by atoms with Crippen LogP contribution in [-0.4, -0.2) is 29.6 Å². The Morgan fingerprint density at radius 2 is 2.00 bits per heavy atom. The number of aliphatic carboxylic acids is 1. The first-order chi connectivity index (χ1) is 9.95. The molecule has 0 saturated heterocycles. The van der Waals surface area contributed by atoms with E-state index >= 15 is 0 Å². The monoisotopic (exact) mass is 293 g/mol. The van der Waals surface area contributed by atoms with Crippen LogP contribution in [0.1, 0.15) is 32.3 Å². The van der Waals surface area contributed by atoms with Crippen LogP contribution in [0.2, 0.25) is 0 Å². The molecule has 116 valence electrons. The normalized spacial score (nSPS) is 13.3. The van der Waals surface area contributed by atoms with Crippen molar-refractivity contribution in [3.63, 3.8) is 0 Å². The van der Waals surface area contributed by atoms with Crippen LogP contribution >= 0.6 is 0 Å². The number of rotatable bonds is 8. The summed E-state index contributed by atoms with van der Waals surface area (Å²) in [6.45, 7) is 5.86. The lowest BCUT2D eigenvalue weighted by molar-refractivity contribution is -0.143. The van der Waals surface area contributed by atoms with E-state index in [1.54, 1.807) is 0 Å². The largest absolute Gasteiger partial charge is 0.493 e. The molecule has 1 rings (SSSR count). The molecule has 0 fully saturated rings. The Bertz CT molecular complexity index is 487. The van der Waals surface area contributed by atoms with Gasteiger partial charge < -0.3 is 15.2 Å². The Morgan fingerprint density at radius 1 is 1.33 bits per heavy atom. The van der Waals surface area contributed by atoms with Gasteiger partial charge in [-0.3, -0.25) is 4.79 Å². The van der Waals surface area contributed by atoms with Gasteiger partial charge >= 0.3 is 5.97 Å². The molecule has 1 unspecified atom stereocenters. The van der Waals surface area contributed by atoms with Crippen LogP contribution in [-0.2, 0) is 9.59 Å². The molecule has 0 spiro atoms. The van der Waals surface area contributed by atoms with E-state index in [2.05, 4.69) is 5.32 Å². The van der Waals surface area contributed by atoms with Crippen LogP contribution < -0.4 is 10.1 Å². The zero-order chi connectivity index (χ0) is 15.8. The van der Waals surface area contributed by atoms with Gasteiger partial charge in [0.05, 0.1) is 13.0 Å². The van der Waals surface area contributed by atoms with Gasteiger partial charge in [0.15, 0.2) is 0 Å². The second kappa shape index (κ2) is 8.29. The average Bonchev–Trinajstić information content (AvgIpc) is 2.45. The highest BCUT2D eigenvalue weighted by molar-refractivity contribution is 5.83. The van der Waals surface area contributed by atoms with Gasteiger partial charge in [0.2, 0.25) is 5.91 Å². The lowest BCUT2D eigenvalue weighted by Gasteiger charge is -2.20. The summed E-state index contributed by atoms with van der Waals surface area (Å²) in [7, 11) is 0. The second-order valence-corrected chi connectivity index (χ2v) is 5.13. The van der Waals surface area contributed by atoms with Crippen molar-refractivity contribution < 1.29 is 19.4 Å². The van der Waals surface area contributed by atoms with E-state index in [9.17, 15) is 9.59 Å². The number of carbonyl (C=O) groups is 2. The third-order valence-corrected chi connectivity index (χ3v) is 3.48. The lowest BCUT2D eigenvalue weighted by atomic mass is 9.99. The number of para-hydroxylation sites is 1. The first-order valence-corrected chi connectivity index (χ1v) is 7.16. The molecule has 0 saturated carbocycles. The fraction of sp³-hybridized carbons (Fsp3) is 0.500. The predicted molar refractivity (Wildman–Crippen MR) is 80.3 cm³/mol. The Hall–Kier alpha value is -2.04. The van der Waals surface area contributed by atoms with E-state index in [1.165, 1.54) is 0 Å². The van der Waals surface area contributed by atoms with Gasteiger partial charge in [-0.2, -0.15) is 0 Å². The molecule has 0 heterocycles. The van der Waals surface area contributed by atoms with Crippen molar-refractivity contribution in [3.8, 4) is 5.75 Å². The predicted octanol–water partition coefficient (Wildman–Crippen LogP) is 2.38. The van der Waals surface area contributed by atoms with Crippen molar-refractivity contribution in [2.75, 3.05) is 6.61 Å². The Balaban J connectivity index is 2.43. The third-order valence-electron chi connectivity index (χ3n) is 3.48. The maximum Gasteiger partial charge on any atom is 0.326 e. The van der Waals surface area contributed by atoms with Crippen LogP contribution in [0.15, 0.2) is 24.3 Å². The number of benzene rings is 1. The molecule has 0 aliphatic heterocycles. The molecular weight excluding hydrogens is 270 g/mol. The van der Waals surface area contributed by atoms with E-state index in [-0.39, 0.29) is 24.9 Å². The molecule has 0 aliphatic carbocycles. The number of amides is 1. The number of carboxylic acids is 1. The maximum atomic E-state index is 11.8. The van der Waals surface area contributed by atoms with Crippen LogP contribution in [0.5, 0.6) is 5.75 Å². The molecule has 0 radical (unpaired) electrons. The number of aryl methyl sites for hydroxylation is 1. The number of carbonyl (C=O) groups excluding carboxylic acids is 1. The zero-order valence-corrected chi connectivity index (χ0v) is 12.8. The highest BCUT2D eigenvalue weighted by Crippen LogP contribution is 2.16. The van der Waals surface area contributed by atoms with Gasteiger partial charge in [-0.05, 0) is 24.5 Å². The highest BCUT2D eigenvalue weighted by Gasteiger charge is 2.24. The summed E-state index contributed by atoms with van der Waals surface area (Å²) in [5, 5.41) is 11.7.